The summed E-state index contributed by atoms with van der Waals surface area (Å²) in [6.45, 7) is 11.0. The van der Waals surface area contributed by atoms with Crippen molar-refractivity contribution in [3.05, 3.63) is 73.7 Å². The van der Waals surface area contributed by atoms with E-state index in [0.29, 0.717) is 24.7 Å². The predicted octanol–water partition coefficient (Wildman–Crippen LogP) is 5.39. The van der Waals surface area contributed by atoms with Gasteiger partial charge in [-0.25, -0.2) is 13.4 Å². The normalized spacial score (nSPS) is 19.0. The van der Waals surface area contributed by atoms with Crippen LogP contribution in [0.2, 0.25) is 0 Å². The van der Waals surface area contributed by atoms with Crippen molar-refractivity contribution in [2.75, 3.05) is 76.9 Å². The number of nitrogens with zero attached hydrogens (tertiary/aromatic N) is 7. The summed E-state index contributed by atoms with van der Waals surface area (Å²) in [6.07, 6.45) is 21.0. The van der Waals surface area contributed by atoms with Crippen molar-refractivity contribution < 1.29 is 12.8 Å². The lowest BCUT2D eigenvalue weighted by molar-refractivity contribution is 0.378. The summed E-state index contributed by atoms with van der Waals surface area (Å²) in [6, 6.07) is 5.82. The highest BCUT2D eigenvalue weighted by atomic mass is 32.2. The Morgan fingerprint density at radius 1 is 0.765 bits per heavy atom. The van der Waals surface area contributed by atoms with E-state index in [-0.39, 0.29) is 5.75 Å². The summed E-state index contributed by atoms with van der Waals surface area (Å²) in [7, 11) is -3.01. The zero-order chi connectivity index (χ0) is 36.4. The average Bonchev–Trinajstić information content (AvgIpc) is 3.67. The fourth-order valence-corrected chi connectivity index (χ4v) is 8.49. The second kappa shape index (κ2) is 17.1. The molecule has 0 spiro atoms. The van der Waals surface area contributed by atoms with Gasteiger partial charge >= 0.3 is 0 Å². The van der Waals surface area contributed by atoms with Gasteiger partial charge in [0.15, 0.2) is 16.2 Å². The monoisotopic (exact) mass is 718 g/mol. The number of rotatable bonds is 6. The van der Waals surface area contributed by atoms with Crippen LogP contribution in [0.15, 0.2) is 72.5 Å². The number of hydrogen-bond donors (Lipinski definition) is 3. The second-order valence-corrected chi connectivity index (χ2v) is 16.9. The van der Waals surface area contributed by atoms with Gasteiger partial charge < -0.3 is 36.3 Å². The van der Waals surface area contributed by atoms with E-state index in [4.69, 9.17) is 21.6 Å². The van der Waals surface area contributed by atoms with Gasteiger partial charge in [-0.05, 0) is 63.6 Å². The van der Waals surface area contributed by atoms with Crippen molar-refractivity contribution >= 4 is 44.0 Å². The molecule has 0 radical (unpaired) electrons. The molecule has 0 unspecified atom stereocenters. The Morgan fingerprint density at radius 3 is 1.69 bits per heavy atom. The van der Waals surface area contributed by atoms with Crippen LogP contribution in [0.1, 0.15) is 70.9 Å². The maximum absolute atomic E-state index is 11.9. The Hall–Kier alpha value is -4.59. The van der Waals surface area contributed by atoms with Crippen LogP contribution in [-0.2, 0) is 9.84 Å². The number of pyridine rings is 3. The molecular formula is C37H54N10O3S. The Labute approximate surface area is 302 Å². The zero-order valence-corrected chi connectivity index (χ0v) is 31.0. The summed E-state index contributed by atoms with van der Waals surface area (Å²) in [5, 5.41) is 0. The Morgan fingerprint density at radius 2 is 1.25 bits per heavy atom. The lowest BCUT2D eigenvalue weighted by Gasteiger charge is -2.39. The molecule has 3 saturated heterocycles. The molecule has 3 aliphatic heterocycles. The highest BCUT2D eigenvalue weighted by Gasteiger charge is 2.40. The maximum Gasteiger partial charge on any atom is 0.180 e. The molecule has 14 heteroatoms. The molecule has 0 saturated carbocycles. The Kier molecular flexibility index (Phi) is 12.6. The minimum atomic E-state index is -3.01. The van der Waals surface area contributed by atoms with Crippen molar-refractivity contribution in [2.24, 2.45) is 5.92 Å². The molecule has 4 aromatic rings. The van der Waals surface area contributed by atoms with E-state index in [2.05, 4.69) is 36.7 Å². The lowest BCUT2D eigenvalue weighted by Crippen LogP contribution is -2.53. The van der Waals surface area contributed by atoms with Crippen LogP contribution in [0.5, 0.6) is 0 Å². The summed E-state index contributed by atoms with van der Waals surface area (Å²) in [4.78, 5) is 22.9. The molecule has 0 aromatic carbocycles. The van der Waals surface area contributed by atoms with E-state index < -0.39 is 14.6 Å². The number of anilines is 6. The van der Waals surface area contributed by atoms with Crippen molar-refractivity contribution in [1.82, 2.24) is 19.9 Å². The van der Waals surface area contributed by atoms with Gasteiger partial charge in [-0.2, -0.15) is 0 Å². The smallest absolute Gasteiger partial charge is 0.180 e. The van der Waals surface area contributed by atoms with E-state index in [1.807, 2.05) is 29.3 Å². The van der Waals surface area contributed by atoms with Gasteiger partial charge in [0.25, 0.3) is 0 Å². The van der Waals surface area contributed by atoms with Crippen LogP contribution in [0.25, 0.3) is 0 Å². The third-order valence-corrected chi connectivity index (χ3v) is 12.8. The lowest BCUT2D eigenvalue weighted by atomic mass is 9.92. The number of hydrogen-bond acceptors (Lipinski definition) is 13. The van der Waals surface area contributed by atoms with E-state index in [1.54, 1.807) is 51.1 Å². The number of piperidine rings is 2. The van der Waals surface area contributed by atoms with Gasteiger partial charge in [0, 0.05) is 63.8 Å². The van der Waals surface area contributed by atoms with E-state index in [9.17, 15) is 8.42 Å². The summed E-state index contributed by atoms with van der Waals surface area (Å²) in [5.41, 5.74) is 24.1. The highest BCUT2D eigenvalue weighted by molar-refractivity contribution is 7.92. The summed E-state index contributed by atoms with van der Waals surface area (Å²) >= 11 is 0. The fourth-order valence-electron chi connectivity index (χ4n) is 7.12. The molecule has 51 heavy (non-hydrogen) atoms. The van der Waals surface area contributed by atoms with Crippen LogP contribution in [0.4, 0.5) is 34.1 Å². The molecule has 13 nitrogen and oxygen atoms in total. The fraction of sp³-hybridized carbons (Fsp3) is 0.514. The third kappa shape index (κ3) is 9.60. The van der Waals surface area contributed by atoms with Gasteiger partial charge in [0.05, 0.1) is 68.9 Å². The van der Waals surface area contributed by atoms with Gasteiger partial charge in [-0.3, -0.25) is 15.0 Å². The molecule has 3 fully saturated rings. The number of sulfone groups is 1. The SMILES string of the molecule is CC1(C)CN(c2ccncc2N)CCS1(=O)=O.CCCC1CCN(c2ccncc2N)CC1.Nc1cnccc1N1CCC(c2cocn2)CC1. The van der Waals surface area contributed by atoms with Gasteiger partial charge in [0.2, 0.25) is 0 Å². The molecule has 3 aliphatic rings. The van der Waals surface area contributed by atoms with Crippen LogP contribution < -0.4 is 31.9 Å². The predicted molar refractivity (Wildman–Crippen MR) is 207 cm³/mol. The summed E-state index contributed by atoms with van der Waals surface area (Å²) < 4.78 is 28.1. The van der Waals surface area contributed by atoms with Crippen molar-refractivity contribution in [1.29, 1.82) is 0 Å². The highest BCUT2D eigenvalue weighted by Crippen LogP contribution is 2.33. The number of nitrogen functional groups attached to an aromatic ring is 3. The van der Waals surface area contributed by atoms with Crippen molar-refractivity contribution in [3.63, 3.8) is 0 Å². The molecule has 4 aromatic heterocycles. The van der Waals surface area contributed by atoms with E-state index >= 15 is 0 Å². The second-order valence-electron chi connectivity index (χ2n) is 14.2. The molecule has 7 heterocycles. The van der Waals surface area contributed by atoms with Crippen molar-refractivity contribution in [2.45, 2.75) is 70.0 Å². The van der Waals surface area contributed by atoms with Crippen molar-refractivity contribution in [3.8, 4) is 0 Å². The first-order chi connectivity index (χ1) is 24.5. The Bertz CT molecular complexity index is 1770. The largest absolute Gasteiger partial charge is 0.451 e. The topological polar surface area (TPSA) is 187 Å². The number of oxazole rings is 1. The first-order valence-electron chi connectivity index (χ1n) is 17.9. The molecule has 276 valence electrons. The third-order valence-electron chi connectivity index (χ3n) is 10.2. The average molecular weight is 719 g/mol. The van der Waals surface area contributed by atoms with E-state index in [0.717, 1.165) is 79.1 Å². The quantitative estimate of drug-likeness (QED) is 0.230. The number of aromatic nitrogens is 4. The number of nitrogens with two attached hydrogens (primary N) is 3. The van der Waals surface area contributed by atoms with Gasteiger partial charge in [-0.1, -0.05) is 19.8 Å². The molecule has 6 N–H and O–H groups in total. The van der Waals surface area contributed by atoms with Crippen LogP contribution in [0, 0.1) is 5.92 Å². The Balaban J connectivity index is 0.000000149. The standard InChI is InChI=1S/C13H16N4O.C13H21N3.C11H17N3O2S/c14-11-7-15-4-1-13(11)17-5-2-10(3-6-17)12-8-18-9-16-12;1-2-3-11-5-8-16(9-6-11)13-4-7-15-10-12(13)14;1-11(2)8-14(5-6-17(11,15)16)10-3-4-13-7-9(10)12/h1,4,7-10H,2-3,5-6,14H2;4,7,10-11H,2-3,5-6,8-9,14H2,1H3;3-4,7H,5-6,8,12H2,1-2H3. The minimum absolute atomic E-state index is 0.168. The first-order valence-corrected chi connectivity index (χ1v) is 19.6. The summed E-state index contributed by atoms with van der Waals surface area (Å²) in [5.74, 6) is 1.59. The molecule has 0 aliphatic carbocycles. The van der Waals surface area contributed by atoms with Gasteiger partial charge in [-0.15, -0.1) is 0 Å². The van der Waals surface area contributed by atoms with Crippen LogP contribution >= 0.6 is 0 Å². The van der Waals surface area contributed by atoms with Crippen LogP contribution in [-0.4, -0.2) is 78.1 Å². The molecule has 0 bridgehead atoms. The van der Waals surface area contributed by atoms with E-state index in [1.165, 1.54) is 32.1 Å². The van der Waals surface area contributed by atoms with Gasteiger partial charge in [0.1, 0.15) is 6.26 Å². The maximum atomic E-state index is 11.9. The zero-order valence-electron chi connectivity index (χ0n) is 30.2. The molecule has 0 amide bonds. The molecule has 0 atom stereocenters. The van der Waals surface area contributed by atoms with Crippen LogP contribution in [0.3, 0.4) is 0 Å². The molecule has 7 rings (SSSR count). The molecular weight excluding hydrogens is 665 g/mol. The first kappa shape index (κ1) is 37.7. The minimum Gasteiger partial charge on any atom is -0.451 e.